The van der Waals surface area contributed by atoms with E-state index in [4.69, 9.17) is 11.5 Å². The van der Waals surface area contributed by atoms with Crippen molar-refractivity contribution >= 4 is 53.2 Å². The fourth-order valence-electron chi connectivity index (χ4n) is 8.09. The third-order valence-corrected chi connectivity index (χ3v) is 10.4. The lowest BCUT2D eigenvalue weighted by atomic mass is 9.83. The topological polar surface area (TPSA) is 111 Å². The molecule has 5 N–H and O–H groups in total. The van der Waals surface area contributed by atoms with Gasteiger partial charge < -0.3 is 11.5 Å². The van der Waals surface area contributed by atoms with Gasteiger partial charge in [0.25, 0.3) is 5.91 Å². The second-order valence-corrected chi connectivity index (χ2v) is 12.9. The number of hydrogen-bond donors (Lipinski definition) is 3. The number of amides is 2. The first-order valence-corrected chi connectivity index (χ1v) is 15.5. The molecule has 9 heteroatoms. The average molecular weight is 628 g/mol. The molecule has 2 amide bonds. The number of quaternary nitrogens is 1. The highest BCUT2D eigenvalue weighted by molar-refractivity contribution is 5.91. The van der Waals surface area contributed by atoms with Gasteiger partial charge in [-0.2, -0.15) is 0 Å². The lowest BCUT2D eigenvalue weighted by Crippen LogP contribution is -2.71. The highest BCUT2D eigenvalue weighted by atomic mass is 35.5. The number of benzene rings is 2. The van der Waals surface area contributed by atoms with Crippen LogP contribution in [0.3, 0.4) is 0 Å². The van der Waals surface area contributed by atoms with Crippen LogP contribution in [0.5, 0.6) is 0 Å². The van der Waals surface area contributed by atoms with Gasteiger partial charge in [-0.1, -0.05) is 68.5 Å². The van der Waals surface area contributed by atoms with Gasteiger partial charge in [0.1, 0.15) is 18.4 Å². The minimum Gasteiger partial charge on any atom is -0.384 e. The quantitative estimate of drug-likeness (QED) is 0.253. The lowest BCUT2D eigenvalue weighted by molar-refractivity contribution is -0.900. The van der Waals surface area contributed by atoms with E-state index < -0.39 is 5.54 Å². The Hall–Kier alpha value is -2.71. The minimum absolute atomic E-state index is 0. The van der Waals surface area contributed by atoms with Crippen molar-refractivity contribution in [2.75, 3.05) is 12.3 Å². The fraction of sp³-hybridized carbons (Fsp3) is 0.500. The third kappa shape index (κ3) is 6.28. The van der Waals surface area contributed by atoms with Crippen molar-refractivity contribution in [3.63, 3.8) is 0 Å². The zero-order valence-electron chi connectivity index (χ0n) is 25.1. The molecule has 2 heterocycles. The number of aryl methyl sites for hydroxylation is 1. The Kier molecular flexibility index (Phi) is 10.4. The Labute approximate surface area is 267 Å². The number of nitrogens with one attached hydrogen (secondary N) is 1. The normalized spacial score (nSPS) is 25.6. The summed E-state index contributed by atoms with van der Waals surface area (Å²) >= 11 is 0. The first-order chi connectivity index (χ1) is 19.8. The molecule has 2 aromatic carbocycles. The van der Waals surface area contributed by atoms with Gasteiger partial charge in [-0.3, -0.25) is 10.1 Å². The maximum atomic E-state index is 15.1. The highest BCUT2D eigenvalue weighted by Gasteiger charge is 2.76. The van der Waals surface area contributed by atoms with Gasteiger partial charge in [-0.15, -0.1) is 24.8 Å². The Morgan fingerprint density at radius 2 is 1.74 bits per heavy atom. The molecule has 43 heavy (non-hydrogen) atoms. The maximum Gasteiger partial charge on any atom is 0.331 e. The van der Waals surface area contributed by atoms with Crippen molar-refractivity contribution in [1.29, 1.82) is 0 Å². The smallest absolute Gasteiger partial charge is 0.331 e. The number of nitrogens with zero attached hydrogens (tertiary/aromatic N) is 2. The van der Waals surface area contributed by atoms with E-state index in [1.165, 1.54) is 30.0 Å². The Morgan fingerprint density at radius 1 is 1.00 bits per heavy atom. The summed E-state index contributed by atoms with van der Waals surface area (Å²) in [6, 6.07) is 18.3. The second kappa shape index (κ2) is 13.5. The average Bonchev–Trinajstić information content (AvgIpc) is 3.74. The molecule has 2 saturated carbocycles. The molecule has 0 bridgehead atoms. The minimum atomic E-state index is -0.835. The standard InChI is InChI=1S/C34H43N5O2.2ClH/c1-23-28(15-16-31(35)38-23)22-39(17-7-12-29-20-34(29,39)33(36)41)32(40)30(19-24-8-3-2-4-9-24)37-21-25-13-14-26-10-5-6-11-27(26)18-25;;/h5-6,10-11,13-16,18,24,29-30,37H,2-4,7-9,12,17,19-22H2,1H3,(H3-,35,36,38,41);2*1H/p+1/t29-,30-,34+,39?;;/m1../s1. The van der Waals surface area contributed by atoms with Crippen LogP contribution in [-0.2, 0) is 22.7 Å². The molecule has 1 aliphatic heterocycles. The van der Waals surface area contributed by atoms with E-state index in [1.807, 2.05) is 13.0 Å². The van der Waals surface area contributed by atoms with E-state index in [0.717, 1.165) is 48.9 Å². The SMILES string of the molecule is Cc1nc(N)ccc1C[N+]1(C(=O)[C@@H](CC2CCCCC2)NCc2ccc3ccccc3c2)CCC[C@@H]2C[C@@]21C(N)=O.Cl.Cl. The number of likely N-dealkylation sites (tertiary alicyclic amines) is 1. The van der Waals surface area contributed by atoms with Crippen molar-refractivity contribution in [3.8, 4) is 0 Å². The van der Waals surface area contributed by atoms with Crippen LogP contribution in [-0.4, -0.2) is 39.4 Å². The number of primary amides is 1. The Balaban J connectivity index is 0.00000212. The van der Waals surface area contributed by atoms with Crippen LogP contribution in [0.15, 0.2) is 54.6 Å². The van der Waals surface area contributed by atoms with Crippen LogP contribution in [0.25, 0.3) is 10.8 Å². The van der Waals surface area contributed by atoms with Crippen molar-refractivity contribution in [1.82, 2.24) is 10.3 Å². The molecule has 0 spiro atoms. The number of fused-ring (bicyclic) bond motifs is 2. The summed E-state index contributed by atoms with van der Waals surface area (Å²) < 4.78 is 0.0988. The van der Waals surface area contributed by atoms with Crippen molar-refractivity contribution in [2.45, 2.75) is 89.4 Å². The molecule has 1 unspecified atom stereocenters. The third-order valence-electron chi connectivity index (χ3n) is 10.4. The van der Waals surface area contributed by atoms with E-state index in [0.29, 0.717) is 37.8 Å². The number of hydrogen-bond acceptors (Lipinski definition) is 5. The van der Waals surface area contributed by atoms with Crippen LogP contribution < -0.4 is 16.8 Å². The van der Waals surface area contributed by atoms with Crippen LogP contribution in [0, 0.1) is 18.8 Å². The first kappa shape index (κ1) is 33.2. The molecule has 232 valence electrons. The van der Waals surface area contributed by atoms with E-state index in [-0.39, 0.29) is 53.1 Å². The molecule has 4 atom stereocenters. The molecule has 0 radical (unpaired) electrons. The lowest BCUT2D eigenvalue weighted by Gasteiger charge is -2.46. The molecule has 1 aromatic heterocycles. The maximum absolute atomic E-state index is 15.1. The van der Waals surface area contributed by atoms with Gasteiger partial charge in [0.05, 0.1) is 6.54 Å². The van der Waals surface area contributed by atoms with Gasteiger partial charge in [-0.05, 0) is 66.6 Å². The van der Waals surface area contributed by atoms with Crippen molar-refractivity contribution in [3.05, 3.63) is 71.4 Å². The van der Waals surface area contributed by atoms with E-state index in [2.05, 4.69) is 52.8 Å². The summed E-state index contributed by atoms with van der Waals surface area (Å²) in [5, 5.41) is 6.13. The number of carbonyl (C=O) groups is 2. The number of anilines is 1. The summed E-state index contributed by atoms with van der Waals surface area (Å²) in [6.07, 6.45) is 9.38. The first-order valence-electron chi connectivity index (χ1n) is 15.5. The zero-order valence-corrected chi connectivity index (χ0v) is 26.7. The molecule has 3 aliphatic rings. The van der Waals surface area contributed by atoms with Gasteiger partial charge in [0.2, 0.25) is 0 Å². The summed E-state index contributed by atoms with van der Waals surface area (Å²) in [4.78, 5) is 32.9. The van der Waals surface area contributed by atoms with Gasteiger partial charge in [0.15, 0.2) is 5.54 Å². The molecule has 3 aromatic rings. The van der Waals surface area contributed by atoms with Gasteiger partial charge in [0, 0.05) is 30.1 Å². The number of piperidine rings is 1. The van der Waals surface area contributed by atoms with Crippen LogP contribution in [0.2, 0.25) is 0 Å². The highest BCUT2D eigenvalue weighted by Crippen LogP contribution is 2.59. The van der Waals surface area contributed by atoms with E-state index in [9.17, 15) is 4.79 Å². The molecule has 7 nitrogen and oxygen atoms in total. The number of pyridine rings is 1. The number of nitrogens with two attached hydrogens (primary N) is 2. The monoisotopic (exact) mass is 626 g/mol. The Morgan fingerprint density at radius 3 is 2.47 bits per heavy atom. The summed E-state index contributed by atoms with van der Waals surface area (Å²) in [5.41, 5.74) is 14.3. The summed E-state index contributed by atoms with van der Waals surface area (Å²) in [7, 11) is 0. The molecule has 2 aliphatic carbocycles. The van der Waals surface area contributed by atoms with Crippen molar-refractivity contribution in [2.24, 2.45) is 17.6 Å². The zero-order chi connectivity index (χ0) is 28.6. The van der Waals surface area contributed by atoms with Gasteiger partial charge >= 0.3 is 5.91 Å². The van der Waals surface area contributed by atoms with Crippen LogP contribution in [0.1, 0.15) is 74.6 Å². The largest absolute Gasteiger partial charge is 0.384 e. The summed E-state index contributed by atoms with van der Waals surface area (Å²) in [6.45, 7) is 3.59. The number of nitrogen functional groups attached to an aromatic ring is 1. The van der Waals surface area contributed by atoms with Gasteiger partial charge in [-0.25, -0.2) is 14.3 Å². The fourth-order valence-corrected chi connectivity index (χ4v) is 8.09. The number of halogens is 2. The predicted octanol–water partition coefficient (Wildman–Crippen LogP) is 5.98. The second-order valence-electron chi connectivity index (χ2n) is 12.9. The van der Waals surface area contributed by atoms with Crippen molar-refractivity contribution < 1.29 is 14.1 Å². The molecular weight excluding hydrogens is 581 g/mol. The molecular formula is C34H46Cl2N5O2+. The number of carbonyl (C=O) groups excluding carboxylic acids is 2. The predicted molar refractivity (Wildman–Crippen MR) is 177 cm³/mol. The molecule has 1 saturated heterocycles. The number of aromatic nitrogens is 1. The molecule has 6 rings (SSSR count). The van der Waals surface area contributed by atoms with Crippen LogP contribution in [0.4, 0.5) is 5.82 Å². The summed E-state index contributed by atoms with van der Waals surface area (Å²) in [5.74, 6) is 0.918. The molecule has 3 fully saturated rings. The number of rotatable bonds is 9. The van der Waals surface area contributed by atoms with E-state index in [1.54, 1.807) is 6.07 Å². The van der Waals surface area contributed by atoms with E-state index >= 15 is 4.79 Å². The van der Waals surface area contributed by atoms with Crippen LogP contribution >= 0.6 is 24.8 Å². The Bertz CT molecular complexity index is 1460.